The van der Waals surface area contributed by atoms with Gasteiger partial charge in [0.15, 0.2) is 0 Å². The first-order valence-corrected chi connectivity index (χ1v) is 6.25. The Bertz CT molecular complexity index is 468. The largest absolute Gasteiger partial charge is 0.442 e. The molecule has 1 atom stereocenters. The zero-order valence-corrected chi connectivity index (χ0v) is 11.9. The molecule has 0 saturated heterocycles. The highest BCUT2D eigenvalue weighted by Crippen LogP contribution is 2.13. The van der Waals surface area contributed by atoms with Crippen LogP contribution in [-0.2, 0) is 16.0 Å². The van der Waals surface area contributed by atoms with Gasteiger partial charge in [0, 0.05) is 6.42 Å². The van der Waals surface area contributed by atoms with E-state index in [1.165, 1.54) is 0 Å². The lowest BCUT2D eigenvalue weighted by molar-refractivity contribution is -0.147. The first kappa shape index (κ1) is 16.0. The molecule has 0 aromatic heterocycles. The number of hydroxylamine groups is 2. The maximum atomic E-state index is 11.7. The fraction of sp³-hybridized carbons (Fsp3) is 0.429. The second-order valence-electron chi connectivity index (χ2n) is 5.43. The number of primary amides is 1. The summed E-state index contributed by atoms with van der Waals surface area (Å²) < 4.78 is 5.00. The van der Waals surface area contributed by atoms with Crippen molar-refractivity contribution in [3.05, 3.63) is 35.9 Å². The van der Waals surface area contributed by atoms with Crippen LogP contribution in [0.3, 0.4) is 0 Å². The number of rotatable bonds is 4. The summed E-state index contributed by atoms with van der Waals surface area (Å²) in [5.41, 5.74) is 5.24. The number of carbonyl (C=O) groups excluding carboxylic acids is 2. The highest BCUT2D eigenvalue weighted by atomic mass is 16.6. The standard InChI is InChI=1S/C14H20N2O4/c1-14(2,3)20-13(18)16(19)11(12(15)17)9-10-7-5-4-6-8-10/h4-8,11,19H,9H2,1-3H3,(H2,15,17)/t11-/m0/s1. The van der Waals surface area contributed by atoms with E-state index in [4.69, 9.17) is 10.5 Å². The molecule has 0 unspecified atom stereocenters. The number of amides is 2. The van der Waals surface area contributed by atoms with Gasteiger partial charge in [-0.1, -0.05) is 30.3 Å². The molecule has 0 aliphatic heterocycles. The van der Waals surface area contributed by atoms with E-state index in [9.17, 15) is 14.8 Å². The van der Waals surface area contributed by atoms with Crippen molar-refractivity contribution in [2.75, 3.05) is 0 Å². The van der Waals surface area contributed by atoms with Crippen LogP contribution in [0.25, 0.3) is 0 Å². The zero-order chi connectivity index (χ0) is 15.3. The number of hydrogen-bond donors (Lipinski definition) is 2. The fourth-order valence-electron chi connectivity index (χ4n) is 1.58. The van der Waals surface area contributed by atoms with Gasteiger partial charge in [-0.15, -0.1) is 0 Å². The molecule has 0 heterocycles. The molecule has 0 bridgehead atoms. The van der Waals surface area contributed by atoms with Crippen LogP contribution >= 0.6 is 0 Å². The fourth-order valence-corrected chi connectivity index (χ4v) is 1.58. The molecule has 3 N–H and O–H groups in total. The Morgan fingerprint density at radius 2 is 1.85 bits per heavy atom. The number of ether oxygens (including phenoxy) is 1. The average molecular weight is 280 g/mol. The van der Waals surface area contributed by atoms with Crippen molar-refractivity contribution in [2.45, 2.75) is 38.8 Å². The van der Waals surface area contributed by atoms with E-state index in [-0.39, 0.29) is 11.5 Å². The van der Waals surface area contributed by atoms with Crippen molar-refractivity contribution < 1.29 is 19.5 Å². The normalized spacial score (nSPS) is 12.6. The molecule has 6 nitrogen and oxygen atoms in total. The lowest BCUT2D eigenvalue weighted by atomic mass is 10.1. The molecule has 0 fully saturated rings. The third-order valence-corrected chi connectivity index (χ3v) is 2.48. The summed E-state index contributed by atoms with van der Waals surface area (Å²) in [6.07, 6.45) is -0.886. The summed E-state index contributed by atoms with van der Waals surface area (Å²) in [4.78, 5) is 23.2. The van der Waals surface area contributed by atoms with Crippen LogP contribution in [0.5, 0.6) is 0 Å². The Morgan fingerprint density at radius 1 is 1.30 bits per heavy atom. The van der Waals surface area contributed by atoms with Gasteiger partial charge < -0.3 is 10.5 Å². The monoisotopic (exact) mass is 280 g/mol. The first-order chi connectivity index (χ1) is 9.20. The molecule has 1 rings (SSSR count). The molecule has 20 heavy (non-hydrogen) atoms. The van der Waals surface area contributed by atoms with Crippen LogP contribution in [0.1, 0.15) is 26.3 Å². The Labute approximate surface area is 118 Å². The van der Waals surface area contributed by atoms with Crippen LogP contribution in [0.2, 0.25) is 0 Å². The van der Waals surface area contributed by atoms with E-state index in [1.807, 2.05) is 6.07 Å². The second kappa shape index (κ2) is 6.38. The van der Waals surface area contributed by atoms with Crippen LogP contribution in [0.15, 0.2) is 30.3 Å². The van der Waals surface area contributed by atoms with Crippen LogP contribution in [0, 0.1) is 0 Å². The van der Waals surface area contributed by atoms with Crippen molar-refractivity contribution in [1.29, 1.82) is 0 Å². The lowest BCUT2D eigenvalue weighted by Gasteiger charge is -2.27. The summed E-state index contributed by atoms with van der Waals surface area (Å²) >= 11 is 0. The summed E-state index contributed by atoms with van der Waals surface area (Å²) in [6.45, 7) is 4.99. The molecule has 0 aliphatic carbocycles. The van der Waals surface area contributed by atoms with Crippen molar-refractivity contribution in [3.8, 4) is 0 Å². The zero-order valence-electron chi connectivity index (χ0n) is 11.9. The third-order valence-electron chi connectivity index (χ3n) is 2.48. The molecule has 110 valence electrons. The van der Waals surface area contributed by atoms with E-state index >= 15 is 0 Å². The van der Waals surface area contributed by atoms with Gasteiger partial charge in [0.2, 0.25) is 5.91 Å². The van der Waals surface area contributed by atoms with E-state index in [2.05, 4.69) is 0 Å². The number of hydrogen-bond acceptors (Lipinski definition) is 4. The van der Waals surface area contributed by atoms with Gasteiger partial charge in [-0.3, -0.25) is 10.0 Å². The Morgan fingerprint density at radius 3 is 2.30 bits per heavy atom. The molecule has 0 radical (unpaired) electrons. The highest BCUT2D eigenvalue weighted by molar-refractivity contribution is 5.84. The van der Waals surface area contributed by atoms with E-state index < -0.39 is 23.6 Å². The number of nitrogens with two attached hydrogens (primary N) is 1. The molecular weight excluding hydrogens is 260 g/mol. The maximum Gasteiger partial charge on any atom is 0.435 e. The molecule has 2 amide bonds. The van der Waals surface area contributed by atoms with E-state index in [0.717, 1.165) is 5.56 Å². The van der Waals surface area contributed by atoms with Crippen molar-refractivity contribution in [3.63, 3.8) is 0 Å². The quantitative estimate of drug-likeness (QED) is 0.648. The minimum Gasteiger partial charge on any atom is -0.442 e. The maximum absolute atomic E-state index is 11.7. The summed E-state index contributed by atoms with van der Waals surface area (Å²) in [7, 11) is 0. The molecule has 0 saturated carbocycles. The predicted molar refractivity (Wildman–Crippen MR) is 73.0 cm³/mol. The number of benzene rings is 1. The van der Waals surface area contributed by atoms with E-state index in [1.54, 1.807) is 45.0 Å². The highest BCUT2D eigenvalue weighted by Gasteiger charge is 2.31. The van der Waals surface area contributed by atoms with Crippen LogP contribution in [-0.4, -0.2) is 33.9 Å². The Hall–Kier alpha value is -2.08. The van der Waals surface area contributed by atoms with Crippen LogP contribution < -0.4 is 5.73 Å². The topological polar surface area (TPSA) is 92.9 Å². The van der Waals surface area contributed by atoms with Gasteiger partial charge in [0.1, 0.15) is 11.6 Å². The molecule has 1 aromatic carbocycles. The summed E-state index contributed by atoms with van der Waals surface area (Å²) in [6, 6.07) is 7.79. The van der Waals surface area contributed by atoms with E-state index in [0.29, 0.717) is 0 Å². The Kier molecular flexibility index (Phi) is 5.10. The molecule has 0 spiro atoms. The van der Waals surface area contributed by atoms with Gasteiger partial charge in [-0.05, 0) is 26.3 Å². The number of carbonyl (C=O) groups is 2. The summed E-state index contributed by atoms with van der Waals surface area (Å²) in [5, 5.41) is 10.1. The lowest BCUT2D eigenvalue weighted by Crippen LogP contribution is -2.49. The SMILES string of the molecule is CC(C)(C)OC(=O)N(O)[C@@H](Cc1ccccc1)C(N)=O. The van der Waals surface area contributed by atoms with Crippen molar-refractivity contribution in [1.82, 2.24) is 5.06 Å². The minimum atomic E-state index is -1.17. The predicted octanol–water partition coefficient (Wildman–Crippen LogP) is 1.71. The Balaban J connectivity index is 2.81. The van der Waals surface area contributed by atoms with Gasteiger partial charge in [0.25, 0.3) is 0 Å². The molecule has 6 heteroatoms. The smallest absolute Gasteiger partial charge is 0.435 e. The van der Waals surface area contributed by atoms with Gasteiger partial charge in [0.05, 0.1) is 0 Å². The van der Waals surface area contributed by atoms with Gasteiger partial charge in [-0.25, -0.2) is 4.79 Å². The third kappa shape index (κ3) is 4.89. The van der Waals surface area contributed by atoms with Gasteiger partial charge >= 0.3 is 6.09 Å². The first-order valence-electron chi connectivity index (χ1n) is 6.25. The number of nitrogens with zero attached hydrogens (tertiary/aromatic N) is 1. The summed E-state index contributed by atoms with van der Waals surface area (Å²) in [5.74, 6) is -0.804. The van der Waals surface area contributed by atoms with Crippen LogP contribution in [0.4, 0.5) is 4.79 Å². The second-order valence-corrected chi connectivity index (χ2v) is 5.43. The molecular formula is C14H20N2O4. The van der Waals surface area contributed by atoms with Crippen molar-refractivity contribution in [2.24, 2.45) is 5.73 Å². The average Bonchev–Trinajstić information content (AvgIpc) is 2.34. The molecule has 1 aromatic rings. The molecule has 0 aliphatic rings. The minimum absolute atomic E-state index is 0.117. The van der Waals surface area contributed by atoms with Crippen molar-refractivity contribution >= 4 is 12.0 Å². The van der Waals surface area contributed by atoms with Gasteiger partial charge in [-0.2, -0.15) is 5.06 Å².